The first kappa shape index (κ1) is 31.0. The van der Waals surface area contributed by atoms with Crippen LogP contribution in [0.25, 0.3) is 0 Å². The van der Waals surface area contributed by atoms with Gasteiger partial charge in [0, 0.05) is 64.7 Å². The number of aryl methyl sites for hydroxylation is 1. The number of alkyl halides is 1. The molecule has 0 saturated carbocycles. The van der Waals surface area contributed by atoms with Gasteiger partial charge in [-0.3, -0.25) is 14.4 Å². The molecule has 46 heavy (non-hydrogen) atoms. The average Bonchev–Trinajstić information content (AvgIpc) is 3.70. The minimum absolute atomic E-state index is 0.240. The first-order chi connectivity index (χ1) is 22.0. The van der Waals surface area contributed by atoms with Crippen molar-refractivity contribution in [3.05, 3.63) is 39.0 Å². The zero-order valence-corrected chi connectivity index (χ0v) is 27.9. The molecule has 0 radical (unpaired) electrons. The van der Waals surface area contributed by atoms with E-state index in [1.54, 1.807) is 14.1 Å². The van der Waals surface area contributed by atoms with Crippen LogP contribution in [0.2, 0.25) is 5.02 Å². The molecule has 1 unspecified atom stereocenters. The molecule has 0 aromatic carbocycles. The highest BCUT2D eigenvalue weighted by Gasteiger charge is 2.49. The zero-order valence-electron chi connectivity index (χ0n) is 26.3. The maximum absolute atomic E-state index is 14.5. The second-order valence-electron chi connectivity index (χ2n) is 13.5. The number of thiophene rings is 1. The van der Waals surface area contributed by atoms with Crippen LogP contribution in [-0.4, -0.2) is 101 Å². The van der Waals surface area contributed by atoms with Crippen LogP contribution in [0.15, 0.2) is 11.4 Å². The van der Waals surface area contributed by atoms with Crippen LogP contribution in [0.5, 0.6) is 6.01 Å². The Balaban J connectivity index is 1.19. The molecule has 0 spiro atoms. The number of nitriles is 1. The van der Waals surface area contributed by atoms with Crippen molar-refractivity contribution in [2.24, 2.45) is 0 Å². The third-order valence-electron chi connectivity index (χ3n) is 9.96. The summed E-state index contributed by atoms with van der Waals surface area (Å²) in [5, 5.41) is 17.1. The normalized spacial score (nSPS) is 23.8. The minimum Gasteiger partial charge on any atom is -0.461 e. The van der Waals surface area contributed by atoms with E-state index in [0.717, 1.165) is 37.1 Å². The number of nitrogens with zero attached hydrogens (tertiary/aromatic N) is 9. The van der Waals surface area contributed by atoms with Gasteiger partial charge >= 0.3 is 6.01 Å². The Morgan fingerprint density at radius 2 is 2.00 bits per heavy atom. The number of nitrogens with two attached hydrogens (primary N) is 1. The number of aromatic nitrogens is 4. The SMILES string of the molecule is CN(C)C(=O)c1nn2c(c1Cl)CN(c1cc(N3CC(C)(c4csc(N)c4C#N)C3)nc(OC[C@@]34CCCN3CC(F)C4)n1)CCC2. The predicted molar refractivity (Wildman–Crippen MR) is 175 cm³/mol. The number of ether oxygens (including phenoxy) is 1. The second kappa shape index (κ2) is 11.5. The Labute approximate surface area is 276 Å². The summed E-state index contributed by atoms with van der Waals surface area (Å²) in [4.78, 5) is 30.4. The van der Waals surface area contributed by atoms with Gasteiger partial charge in [0.05, 0.1) is 28.4 Å². The van der Waals surface area contributed by atoms with Gasteiger partial charge < -0.3 is 25.2 Å². The van der Waals surface area contributed by atoms with E-state index in [1.165, 1.54) is 16.2 Å². The van der Waals surface area contributed by atoms with E-state index in [1.807, 2.05) is 16.1 Å². The molecule has 3 aromatic rings. The van der Waals surface area contributed by atoms with Gasteiger partial charge in [-0.05, 0) is 36.8 Å². The Kier molecular flexibility index (Phi) is 7.76. The van der Waals surface area contributed by atoms with Gasteiger partial charge in [-0.2, -0.15) is 20.3 Å². The van der Waals surface area contributed by atoms with E-state index in [9.17, 15) is 14.4 Å². The molecule has 2 atom stereocenters. The molecule has 15 heteroatoms. The third kappa shape index (κ3) is 5.22. The minimum atomic E-state index is -0.856. The summed E-state index contributed by atoms with van der Waals surface area (Å²) in [6.45, 7) is 6.77. The molecule has 1 amide bonds. The molecule has 4 aliphatic heterocycles. The highest BCUT2D eigenvalue weighted by atomic mass is 35.5. The van der Waals surface area contributed by atoms with E-state index in [0.29, 0.717) is 79.5 Å². The summed E-state index contributed by atoms with van der Waals surface area (Å²) in [5.41, 5.74) is 8.00. The van der Waals surface area contributed by atoms with E-state index >= 15 is 0 Å². The molecule has 7 rings (SSSR count). The summed E-state index contributed by atoms with van der Waals surface area (Å²) < 4.78 is 22.7. The summed E-state index contributed by atoms with van der Waals surface area (Å²) in [7, 11) is 3.36. The number of anilines is 3. The number of hydrogen-bond donors (Lipinski definition) is 1. The van der Waals surface area contributed by atoms with E-state index in [4.69, 9.17) is 32.0 Å². The molecule has 3 saturated heterocycles. The fraction of sp³-hybridized carbons (Fsp3) is 0.581. The van der Waals surface area contributed by atoms with Gasteiger partial charge in [0.25, 0.3) is 5.91 Å². The monoisotopic (exact) mass is 668 g/mol. The topological polar surface area (TPSA) is 133 Å². The van der Waals surface area contributed by atoms with Crippen molar-refractivity contribution in [2.75, 3.05) is 69.0 Å². The molecule has 0 bridgehead atoms. The van der Waals surface area contributed by atoms with Gasteiger partial charge in [0.1, 0.15) is 35.5 Å². The standard InChI is InChI=1S/C31H38ClFN10O2S/c1-30(21-15-46-27(35)20(21)12-34)16-41(17-30)24-10-23(36-29(37-24)45-18-31-6-4-8-42(31)13-19(33)11-31)40-7-5-9-43-22(14-40)25(32)26(38-43)28(44)39(2)3/h10,15,19H,4-9,11,13-14,16-18,35H2,1-3H3/t19?,31-/m0/s1. The fourth-order valence-electron chi connectivity index (χ4n) is 7.52. The molecule has 3 fully saturated rings. The van der Waals surface area contributed by atoms with Gasteiger partial charge in [0.2, 0.25) is 0 Å². The van der Waals surface area contributed by atoms with E-state index in [-0.39, 0.29) is 28.6 Å². The van der Waals surface area contributed by atoms with Gasteiger partial charge in [-0.15, -0.1) is 11.3 Å². The smallest absolute Gasteiger partial charge is 0.320 e. The van der Waals surface area contributed by atoms with Gasteiger partial charge in [-0.25, -0.2) is 4.39 Å². The maximum Gasteiger partial charge on any atom is 0.320 e. The van der Waals surface area contributed by atoms with Gasteiger partial charge in [0.15, 0.2) is 5.69 Å². The lowest BCUT2D eigenvalue weighted by Crippen LogP contribution is -2.58. The van der Waals surface area contributed by atoms with Crippen molar-refractivity contribution in [3.63, 3.8) is 0 Å². The maximum atomic E-state index is 14.5. The molecule has 4 aliphatic rings. The molecule has 2 N–H and O–H groups in total. The summed E-state index contributed by atoms with van der Waals surface area (Å²) in [5.74, 6) is 1.14. The molecule has 3 aromatic heterocycles. The predicted octanol–water partition coefficient (Wildman–Crippen LogP) is 3.69. The number of amides is 1. The Morgan fingerprint density at radius 1 is 1.24 bits per heavy atom. The van der Waals surface area contributed by atoms with Crippen molar-refractivity contribution < 1.29 is 13.9 Å². The number of rotatable bonds is 7. The van der Waals surface area contributed by atoms with Crippen molar-refractivity contribution in [3.8, 4) is 12.1 Å². The summed E-state index contributed by atoms with van der Waals surface area (Å²) in [6, 6.07) is 4.48. The van der Waals surface area contributed by atoms with Crippen LogP contribution in [-0.2, 0) is 18.5 Å². The van der Waals surface area contributed by atoms with Crippen LogP contribution >= 0.6 is 22.9 Å². The lowest BCUT2D eigenvalue weighted by Gasteiger charge is -2.49. The van der Waals surface area contributed by atoms with Crippen LogP contribution in [0, 0.1) is 11.3 Å². The highest BCUT2D eigenvalue weighted by Crippen LogP contribution is 2.43. The lowest BCUT2D eigenvalue weighted by molar-refractivity contribution is 0.0821. The van der Waals surface area contributed by atoms with Crippen LogP contribution in [0.1, 0.15) is 59.9 Å². The zero-order chi connectivity index (χ0) is 32.4. The first-order valence-corrected chi connectivity index (χ1v) is 16.9. The average molecular weight is 669 g/mol. The Morgan fingerprint density at radius 3 is 2.74 bits per heavy atom. The summed E-state index contributed by atoms with van der Waals surface area (Å²) in [6.07, 6.45) is 2.28. The van der Waals surface area contributed by atoms with E-state index < -0.39 is 6.17 Å². The Bertz CT molecular complexity index is 1720. The second-order valence-corrected chi connectivity index (χ2v) is 14.7. The fourth-order valence-corrected chi connectivity index (χ4v) is 8.72. The lowest BCUT2D eigenvalue weighted by atomic mass is 9.75. The van der Waals surface area contributed by atoms with Crippen molar-refractivity contribution in [2.45, 2.75) is 62.8 Å². The number of carbonyl (C=O) groups excluding carboxylic acids is 1. The number of carbonyl (C=O) groups is 1. The molecule has 244 valence electrons. The van der Waals surface area contributed by atoms with Crippen LogP contribution in [0.4, 0.5) is 21.0 Å². The van der Waals surface area contributed by atoms with Crippen molar-refractivity contribution in [1.82, 2.24) is 29.5 Å². The van der Waals surface area contributed by atoms with Gasteiger partial charge in [-0.1, -0.05) is 18.5 Å². The Hall–Kier alpha value is -3.67. The number of fused-ring (bicyclic) bond motifs is 2. The molecular weight excluding hydrogens is 631 g/mol. The largest absolute Gasteiger partial charge is 0.461 e. The summed E-state index contributed by atoms with van der Waals surface area (Å²) >= 11 is 8.16. The first-order valence-electron chi connectivity index (χ1n) is 15.7. The number of nitrogen functional groups attached to an aromatic ring is 1. The molecule has 0 aliphatic carbocycles. The molecular formula is C31H38ClFN10O2S. The molecule has 7 heterocycles. The number of hydrogen-bond acceptors (Lipinski definition) is 11. The van der Waals surface area contributed by atoms with Crippen LogP contribution < -0.4 is 20.3 Å². The molecule has 12 nitrogen and oxygen atoms in total. The number of halogens is 2. The highest BCUT2D eigenvalue weighted by molar-refractivity contribution is 7.14. The van der Waals surface area contributed by atoms with Crippen molar-refractivity contribution in [1.29, 1.82) is 5.26 Å². The third-order valence-corrected chi connectivity index (χ3v) is 11.2. The quantitative estimate of drug-likeness (QED) is 0.398. The van der Waals surface area contributed by atoms with Crippen molar-refractivity contribution >= 4 is 45.5 Å². The van der Waals surface area contributed by atoms with E-state index in [2.05, 4.69) is 32.8 Å². The van der Waals surface area contributed by atoms with Crippen LogP contribution in [0.3, 0.4) is 0 Å².